The van der Waals surface area contributed by atoms with Gasteiger partial charge in [-0.15, -0.1) is 0 Å². The van der Waals surface area contributed by atoms with Crippen molar-refractivity contribution in [2.75, 3.05) is 7.05 Å². The summed E-state index contributed by atoms with van der Waals surface area (Å²) in [5.41, 5.74) is 4.42. The van der Waals surface area contributed by atoms with Crippen molar-refractivity contribution >= 4 is 0 Å². The SMILES string of the molecule is C=C(N)OC(C)(CC)[NH+](C)[O-]. The molecule has 0 aromatic carbocycles. The van der Waals surface area contributed by atoms with Crippen molar-refractivity contribution in [1.29, 1.82) is 0 Å². The molecule has 0 aliphatic rings. The number of rotatable bonds is 4. The molecule has 4 heteroatoms. The first-order valence-corrected chi connectivity index (χ1v) is 3.57. The Morgan fingerprint density at radius 2 is 2.27 bits per heavy atom. The molecule has 11 heavy (non-hydrogen) atoms. The second-order valence-corrected chi connectivity index (χ2v) is 2.71. The van der Waals surface area contributed by atoms with E-state index in [4.69, 9.17) is 10.5 Å². The molecule has 0 aromatic heterocycles. The quantitative estimate of drug-likeness (QED) is 0.333. The molecule has 0 rings (SSSR count). The lowest BCUT2D eigenvalue weighted by Crippen LogP contribution is -3.13. The summed E-state index contributed by atoms with van der Waals surface area (Å²) >= 11 is 0. The summed E-state index contributed by atoms with van der Waals surface area (Å²) in [4.78, 5) is 0. The summed E-state index contributed by atoms with van der Waals surface area (Å²) in [6, 6.07) is 0. The molecule has 0 amide bonds. The topological polar surface area (TPSA) is 62.8 Å². The Hall–Kier alpha value is -0.740. The van der Waals surface area contributed by atoms with Crippen LogP contribution < -0.4 is 10.8 Å². The number of hydrogen-bond donors (Lipinski definition) is 2. The minimum atomic E-state index is -0.800. The van der Waals surface area contributed by atoms with Crippen molar-refractivity contribution in [2.45, 2.75) is 26.0 Å². The number of nitrogens with one attached hydrogen (secondary N) is 1. The lowest BCUT2D eigenvalue weighted by Gasteiger charge is -2.36. The highest BCUT2D eigenvalue weighted by Gasteiger charge is 2.28. The van der Waals surface area contributed by atoms with Crippen LogP contribution >= 0.6 is 0 Å². The number of hydrogen-bond acceptors (Lipinski definition) is 3. The van der Waals surface area contributed by atoms with Crippen LogP contribution in [-0.2, 0) is 4.74 Å². The molecule has 0 fully saturated rings. The van der Waals surface area contributed by atoms with Gasteiger partial charge >= 0.3 is 0 Å². The Balaban J connectivity index is 4.22. The van der Waals surface area contributed by atoms with E-state index in [0.717, 1.165) is 0 Å². The van der Waals surface area contributed by atoms with Gasteiger partial charge in [-0.2, -0.15) is 0 Å². The Bertz CT molecular complexity index is 147. The van der Waals surface area contributed by atoms with Crippen molar-refractivity contribution in [3.8, 4) is 0 Å². The summed E-state index contributed by atoms with van der Waals surface area (Å²) in [5.74, 6) is 0.0875. The fraction of sp³-hybridized carbons (Fsp3) is 0.714. The van der Waals surface area contributed by atoms with Gasteiger partial charge in [0.25, 0.3) is 0 Å². The zero-order valence-electron chi connectivity index (χ0n) is 7.31. The van der Waals surface area contributed by atoms with Gasteiger partial charge in [-0.05, 0) is 6.58 Å². The fourth-order valence-corrected chi connectivity index (χ4v) is 0.682. The third kappa shape index (κ3) is 2.78. The molecular formula is C7H16N2O2. The standard InChI is InChI=1S/C7H16N2O2/c1-5-7(3,9(4)10)11-6(2)8/h9H,2,5,8H2,1,3-4H3. The van der Waals surface area contributed by atoms with Crippen LogP contribution in [0, 0.1) is 5.21 Å². The van der Waals surface area contributed by atoms with E-state index in [1.807, 2.05) is 6.92 Å². The highest BCUT2D eigenvalue weighted by molar-refractivity contribution is 4.76. The van der Waals surface area contributed by atoms with Crippen molar-refractivity contribution in [1.82, 2.24) is 0 Å². The van der Waals surface area contributed by atoms with Gasteiger partial charge in [0.2, 0.25) is 5.72 Å². The lowest BCUT2D eigenvalue weighted by atomic mass is 10.2. The van der Waals surface area contributed by atoms with E-state index in [0.29, 0.717) is 6.42 Å². The molecule has 0 saturated carbocycles. The van der Waals surface area contributed by atoms with Crippen LogP contribution in [0.1, 0.15) is 20.3 Å². The zero-order valence-corrected chi connectivity index (χ0v) is 7.31. The third-order valence-corrected chi connectivity index (χ3v) is 1.78. The molecule has 0 saturated heterocycles. The number of ether oxygens (including phenoxy) is 1. The van der Waals surface area contributed by atoms with Gasteiger partial charge in [0.1, 0.15) is 0 Å². The summed E-state index contributed by atoms with van der Waals surface area (Å²) in [7, 11) is 1.48. The fourth-order valence-electron chi connectivity index (χ4n) is 0.682. The smallest absolute Gasteiger partial charge is 0.239 e. The van der Waals surface area contributed by atoms with Crippen LogP contribution in [0.5, 0.6) is 0 Å². The van der Waals surface area contributed by atoms with E-state index in [1.54, 1.807) is 6.92 Å². The average molecular weight is 160 g/mol. The van der Waals surface area contributed by atoms with E-state index in [-0.39, 0.29) is 10.9 Å². The number of nitrogens with two attached hydrogens (primary N) is 1. The molecule has 0 radical (unpaired) electrons. The number of hydroxylamine groups is 2. The van der Waals surface area contributed by atoms with Crippen LogP contribution in [0.2, 0.25) is 0 Å². The Kier molecular flexibility index (Phi) is 3.35. The Morgan fingerprint density at radius 1 is 1.82 bits per heavy atom. The maximum atomic E-state index is 11.0. The van der Waals surface area contributed by atoms with Gasteiger partial charge in [-0.3, -0.25) is 0 Å². The first-order chi connectivity index (χ1) is 4.92. The molecule has 2 unspecified atom stereocenters. The summed E-state index contributed by atoms with van der Waals surface area (Å²) in [6.07, 6.45) is 0.596. The maximum absolute atomic E-state index is 11.0. The molecule has 3 N–H and O–H groups in total. The molecule has 66 valence electrons. The Labute approximate surface area is 67.2 Å². The normalized spacial score (nSPS) is 18.5. The molecule has 0 bridgehead atoms. The van der Waals surface area contributed by atoms with Crippen LogP contribution in [0.4, 0.5) is 0 Å². The van der Waals surface area contributed by atoms with Gasteiger partial charge in [0.05, 0.1) is 7.05 Å². The first-order valence-electron chi connectivity index (χ1n) is 3.57. The van der Waals surface area contributed by atoms with Gasteiger partial charge in [-0.25, -0.2) is 0 Å². The minimum absolute atomic E-state index is 0.0356. The van der Waals surface area contributed by atoms with Crippen molar-refractivity contribution < 1.29 is 9.80 Å². The van der Waals surface area contributed by atoms with E-state index in [2.05, 4.69) is 6.58 Å². The van der Waals surface area contributed by atoms with Gasteiger partial charge in [-0.1, -0.05) is 6.92 Å². The van der Waals surface area contributed by atoms with Gasteiger partial charge in [0.15, 0.2) is 5.88 Å². The van der Waals surface area contributed by atoms with Gasteiger partial charge in [0, 0.05) is 13.3 Å². The minimum Gasteiger partial charge on any atom is -0.632 e. The molecule has 0 aromatic rings. The molecule has 0 spiro atoms. The second kappa shape index (κ2) is 3.59. The van der Waals surface area contributed by atoms with Crippen molar-refractivity contribution in [2.24, 2.45) is 5.73 Å². The zero-order chi connectivity index (χ0) is 9.07. The lowest BCUT2D eigenvalue weighted by molar-refractivity contribution is -0.912. The summed E-state index contributed by atoms with van der Waals surface area (Å²) in [5, 5.41) is 11.0. The molecule has 2 atom stereocenters. The van der Waals surface area contributed by atoms with Crippen LogP contribution in [0.15, 0.2) is 12.5 Å². The van der Waals surface area contributed by atoms with E-state index >= 15 is 0 Å². The molecule has 0 heterocycles. The molecule has 0 aliphatic carbocycles. The monoisotopic (exact) mass is 160 g/mol. The van der Waals surface area contributed by atoms with E-state index in [9.17, 15) is 5.21 Å². The largest absolute Gasteiger partial charge is 0.632 e. The number of quaternary nitrogens is 1. The van der Waals surface area contributed by atoms with Crippen molar-refractivity contribution in [3.63, 3.8) is 0 Å². The first kappa shape index (κ1) is 10.3. The predicted molar refractivity (Wildman–Crippen MR) is 43.4 cm³/mol. The highest BCUT2D eigenvalue weighted by Crippen LogP contribution is 2.07. The van der Waals surface area contributed by atoms with E-state index < -0.39 is 5.72 Å². The Morgan fingerprint density at radius 3 is 2.36 bits per heavy atom. The van der Waals surface area contributed by atoms with Crippen LogP contribution in [-0.4, -0.2) is 12.8 Å². The van der Waals surface area contributed by atoms with E-state index in [1.165, 1.54) is 7.05 Å². The molecular weight excluding hydrogens is 144 g/mol. The average Bonchev–Trinajstić information content (AvgIpc) is 1.86. The van der Waals surface area contributed by atoms with Gasteiger partial charge < -0.3 is 20.7 Å². The maximum Gasteiger partial charge on any atom is 0.239 e. The van der Waals surface area contributed by atoms with Crippen LogP contribution in [0.25, 0.3) is 0 Å². The highest BCUT2D eigenvalue weighted by atomic mass is 16.6. The summed E-state index contributed by atoms with van der Waals surface area (Å²) in [6.45, 7) is 6.94. The third-order valence-electron chi connectivity index (χ3n) is 1.78. The molecule has 4 nitrogen and oxygen atoms in total. The second-order valence-electron chi connectivity index (χ2n) is 2.71. The van der Waals surface area contributed by atoms with Crippen molar-refractivity contribution in [3.05, 3.63) is 17.7 Å². The van der Waals surface area contributed by atoms with Crippen LogP contribution in [0.3, 0.4) is 0 Å². The predicted octanol–water partition coefficient (Wildman–Crippen LogP) is -0.428. The molecule has 0 aliphatic heterocycles. The summed E-state index contributed by atoms with van der Waals surface area (Å²) < 4.78 is 5.08.